The molecule has 2 heterocycles. The zero-order chi connectivity index (χ0) is 29.4. The van der Waals surface area contributed by atoms with Crippen LogP contribution in [0.5, 0.6) is 0 Å². The lowest BCUT2D eigenvalue weighted by molar-refractivity contribution is 0.158. The van der Waals surface area contributed by atoms with E-state index in [1.54, 1.807) is 12.1 Å². The van der Waals surface area contributed by atoms with Crippen LogP contribution in [0.4, 0.5) is 21.2 Å². The zero-order valence-corrected chi connectivity index (χ0v) is 23.5. The maximum absolute atomic E-state index is 12.3. The smallest absolute Gasteiger partial charge is 0.412 e. The van der Waals surface area contributed by atoms with E-state index in [0.29, 0.717) is 37.6 Å². The summed E-state index contributed by atoms with van der Waals surface area (Å²) in [6, 6.07) is 31.6. The second-order valence-corrected chi connectivity index (χ2v) is 10.1. The van der Waals surface area contributed by atoms with Crippen molar-refractivity contribution >= 4 is 67.2 Å². The van der Waals surface area contributed by atoms with Gasteiger partial charge in [-0.15, -0.1) is 0 Å². The molecule has 9 heteroatoms. The maximum atomic E-state index is 12.3. The average molecular weight is 574 g/mol. The first-order valence-corrected chi connectivity index (χ1v) is 14.3. The van der Waals surface area contributed by atoms with Gasteiger partial charge in [-0.05, 0) is 61.0 Å². The molecule has 0 saturated heterocycles. The summed E-state index contributed by atoms with van der Waals surface area (Å²) in [5.74, 6) is 0.891. The molecule has 0 aliphatic heterocycles. The number of nitrogens with one attached hydrogen (secondary N) is 3. The lowest BCUT2D eigenvalue weighted by atomic mass is 10.1. The largest absolute Gasteiger partial charge is 0.449 e. The van der Waals surface area contributed by atoms with Crippen LogP contribution in [0.3, 0.4) is 0 Å². The minimum Gasteiger partial charge on any atom is -0.449 e. The first-order valence-electron chi connectivity index (χ1n) is 14.3. The normalized spacial score (nSPS) is 11.2. The first kappa shape index (κ1) is 27.9. The number of pyridine rings is 2. The van der Waals surface area contributed by atoms with Crippen molar-refractivity contribution in [2.45, 2.75) is 12.8 Å². The predicted octanol–water partition coefficient (Wildman–Crippen LogP) is 7.26. The lowest BCUT2D eigenvalue weighted by Gasteiger charge is -2.10. The van der Waals surface area contributed by atoms with Gasteiger partial charge in [0.2, 0.25) is 0 Å². The van der Waals surface area contributed by atoms with Crippen molar-refractivity contribution in [1.82, 2.24) is 15.3 Å². The fraction of sp³-hybridized carbons (Fsp3) is 0.176. The Labute approximate surface area is 248 Å². The summed E-state index contributed by atoms with van der Waals surface area (Å²) < 4.78 is 10.6. The van der Waals surface area contributed by atoms with Crippen molar-refractivity contribution in [3.63, 3.8) is 0 Å². The van der Waals surface area contributed by atoms with E-state index >= 15 is 0 Å². The quantitative estimate of drug-likeness (QED) is 0.117. The Bertz CT molecular complexity index is 1790. The third-order valence-electron chi connectivity index (χ3n) is 7.09. The molecule has 0 unspecified atom stereocenters. The van der Waals surface area contributed by atoms with Crippen LogP contribution < -0.4 is 16.0 Å². The van der Waals surface area contributed by atoms with E-state index in [9.17, 15) is 9.59 Å². The van der Waals surface area contributed by atoms with Gasteiger partial charge in [0, 0.05) is 21.5 Å². The molecule has 0 fully saturated rings. The Morgan fingerprint density at radius 2 is 0.953 bits per heavy atom. The minimum atomic E-state index is -0.541. The number of nitrogens with zero attached hydrogens (tertiary/aromatic N) is 2. The number of anilines is 2. The van der Waals surface area contributed by atoms with E-state index in [1.165, 1.54) is 0 Å². The molecule has 4 aromatic carbocycles. The van der Waals surface area contributed by atoms with Crippen LogP contribution in [0.1, 0.15) is 12.8 Å². The fourth-order valence-electron chi connectivity index (χ4n) is 4.98. The molecular weight excluding hydrogens is 542 g/mol. The molecule has 0 atom stereocenters. The van der Waals surface area contributed by atoms with Crippen LogP contribution in [0.2, 0.25) is 0 Å². The van der Waals surface area contributed by atoms with Gasteiger partial charge in [-0.25, -0.2) is 19.6 Å². The van der Waals surface area contributed by atoms with Gasteiger partial charge in [-0.1, -0.05) is 72.8 Å². The average Bonchev–Trinajstić information content (AvgIpc) is 3.04. The molecule has 6 aromatic rings. The number of amides is 2. The number of fused-ring (bicyclic) bond motifs is 6. The summed E-state index contributed by atoms with van der Waals surface area (Å²) in [4.78, 5) is 33.7. The van der Waals surface area contributed by atoms with E-state index < -0.39 is 12.2 Å². The van der Waals surface area contributed by atoms with Crippen LogP contribution in [0.15, 0.2) is 97.1 Å². The predicted molar refractivity (Wildman–Crippen MR) is 171 cm³/mol. The van der Waals surface area contributed by atoms with Gasteiger partial charge in [0.15, 0.2) is 0 Å². The van der Waals surface area contributed by atoms with Gasteiger partial charge in [0.05, 0.1) is 24.2 Å². The minimum absolute atomic E-state index is 0.266. The van der Waals surface area contributed by atoms with E-state index in [4.69, 9.17) is 9.47 Å². The van der Waals surface area contributed by atoms with Crippen LogP contribution in [0.25, 0.3) is 43.4 Å². The van der Waals surface area contributed by atoms with Crippen molar-refractivity contribution in [3.8, 4) is 0 Å². The SMILES string of the molecule is O=C(Nc1ccc2ccc3ccccc3c2n1)OCCCNCCCOC(=O)Nc1ccc2ccc3ccccc3c2n1. The third-order valence-corrected chi connectivity index (χ3v) is 7.09. The first-order chi connectivity index (χ1) is 21.1. The molecule has 2 aromatic heterocycles. The summed E-state index contributed by atoms with van der Waals surface area (Å²) in [5.41, 5.74) is 1.67. The van der Waals surface area contributed by atoms with Gasteiger partial charge >= 0.3 is 12.2 Å². The molecule has 0 spiro atoms. The highest BCUT2D eigenvalue weighted by Gasteiger charge is 2.09. The fourth-order valence-corrected chi connectivity index (χ4v) is 4.98. The van der Waals surface area contributed by atoms with Crippen LogP contribution in [-0.4, -0.2) is 48.5 Å². The molecule has 0 saturated carbocycles. The summed E-state index contributed by atoms with van der Waals surface area (Å²) >= 11 is 0. The second kappa shape index (κ2) is 13.1. The van der Waals surface area contributed by atoms with E-state index in [1.807, 2.05) is 72.8 Å². The topological polar surface area (TPSA) is 114 Å². The zero-order valence-electron chi connectivity index (χ0n) is 23.5. The van der Waals surface area contributed by atoms with Crippen molar-refractivity contribution < 1.29 is 19.1 Å². The van der Waals surface area contributed by atoms with E-state index in [0.717, 1.165) is 43.4 Å². The number of rotatable bonds is 10. The third kappa shape index (κ3) is 6.79. The monoisotopic (exact) mass is 573 g/mol. The number of hydrogen-bond donors (Lipinski definition) is 3. The number of aromatic nitrogens is 2. The van der Waals surface area contributed by atoms with Gasteiger partial charge in [-0.2, -0.15) is 0 Å². The van der Waals surface area contributed by atoms with Gasteiger partial charge in [0.25, 0.3) is 0 Å². The highest BCUT2D eigenvalue weighted by molar-refractivity contribution is 6.07. The van der Waals surface area contributed by atoms with Crippen LogP contribution in [0, 0.1) is 0 Å². The Hall–Kier alpha value is -5.28. The van der Waals surface area contributed by atoms with E-state index in [2.05, 4.69) is 38.1 Å². The number of hydrogen-bond acceptors (Lipinski definition) is 7. The molecule has 0 aliphatic rings. The molecule has 43 heavy (non-hydrogen) atoms. The summed E-state index contributed by atoms with van der Waals surface area (Å²) in [6.07, 6.45) is 0.209. The molecule has 6 rings (SSSR count). The molecule has 3 N–H and O–H groups in total. The highest BCUT2D eigenvalue weighted by atomic mass is 16.6. The van der Waals surface area contributed by atoms with E-state index in [-0.39, 0.29) is 13.2 Å². The Balaban J connectivity index is 0.862. The maximum Gasteiger partial charge on any atom is 0.412 e. The van der Waals surface area contributed by atoms with Gasteiger partial charge in [-0.3, -0.25) is 10.6 Å². The van der Waals surface area contributed by atoms with Crippen molar-refractivity contribution in [3.05, 3.63) is 97.1 Å². The summed E-state index contributed by atoms with van der Waals surface area (Å²) in [5, 5.41) is 14.9. The van der Waals surface area contributed by atoms with Crippen molar-refractivity contribution in [2.24, 2.45) is 0 Å². The van der Waals surface area contributed by atoms with Crippen LogP contribution >= 0.6 is 0 Å². The number of carbonyl (C=O) groups is 2. The Morgan fingerprint density at radius 1 is 0.535 bits per heavy atom. The number of ether oxygens (including phenoxy) is 2. The Morgan fingerprint density at radius 3 is 1.44 bits per heavy atom. The molecule has 9 nitrogen and oxygen atoms in total. The number of carbonyl (C=O) groups excluding carboxylic acids is 2. The van der Waals surface area contributed by atoms with Gasteiger partial charge < -0.3 is 14.8 Å². The Kier molecular flexibility index (Phi) is 8.51. The molecule has 2 amide bonds. The van der Waals surface area contributed by atoms with Crippen LogP contribution in [-0.2, 0) is 9.47 Å². The van der Waals surface area contributed by atoms with Gasteiger partial charge in [0.1, 0.15) is 11.6 Å². The molecule has 0 bridgehead atoms. The lowest BCUT2D eigenvalue weighted by Crippen LogP contribution is -2.22. The van der Waals surface area contributed by atoms with Crippen molar-refractivity contribution in [2.75, 3.05) is 36.9 Å². The highest BCUT2D eigenvalue weighted by Crippen LogP contribution is 2.26. The molecule has 0 aliphatic carbocycles. The molecule has 0 radical (unpaired) electrons. The summed E-state index contributed by atoms with van der Waals surface area (Å²) in [6.45, 7) is 1.86. The standard InChI is InChI=1S/C34H31N5O4/c40-33(38-29-17-15-25-13-11-23-7-1-3-9-27(23)31(25)36-29)42-21-5-19-35-20-6-22-43-34(41)39-30-18-16-26-14-12-24-8-2-4-10-28(24)32(26)37-30/h1-4,7-18,35H,5-6,19-22H2,(H,36,38,40)(H,37,39,41). The molecular formula is C34H31N5O4. The number of benzene rings is 4. The second-order valence-electron chi connectivity index (χ2n) is 10.1. The van der Waals surface area contributed by atoms with Crippen molar-refractivity contribution in [1.29, 1.82) is 0 Å². The summed E-state index contributed by atoms with van der Waals surface area (Å²) in [7, 11) is 0. The molecule has 216 valence electrons.